The number of hydrogen-bond acceptors (Lipinski definition) is 2. The molecule has 2 aromatic rings. The Labute approximate surface area is 95.9 Å². The van der Waals surface area contributed by atoms with E-state index in [1.165, 1.54) is 16.7 Å². The summed E-state index contributed by atoms with van der Waals surface area (Å²) in [6, 6.07) is 6.57. The second-order valence-corrected chi connectivity index (χ2v) is 4.10. The highest BCUT2D eigenvalue weighted by molar-refractivity contribution is 5.29. The summed E-state index contributed by atoms with van der Waals surface area (Å²) in [6.07, 6.45) is 3.54. The largest absolute Gasteiger partial charge is 0.347 e. The number of nitrogens with one attached hydrogen (secondary N) is 2. The minimum Gasteiger partial charge on any atom is -0.347 e. The van der Waals surface area contributed by atoms with Crippen LogP contribution in [0.15, 0.2) is 30.7 Å². The summed E-state index contributed by atoms with van der Waals surface area (Å²) in [5, 5.41) is 3.38. The molecular formula is C13H17N3. The lowest BCUT2D eigenvalue weighted by atomic mass is 10.1. The number of hydrogen-bond donors (Lipinski definition) is 2. The average Bonchev–Trinajstić information content (AvgIpc) is 2.76. The maximum Gasteiger partial charge on any atom is 0.0922 e. The van der Waals surface area contributed by atoms with Crippen LogP contribution in [0.3, 0.4) is 0 Å². The van der Waals surface area contributed by atoms with Crippen LogP contribution in [-0.2, 0) is 13.1 Å². The molecule has 1 aromatic heterocycles. The lowest BCUT2D eigenvalue weighted by molar-refractivity contribution is 0.682. The first-order valence-corrected chi connectivity index (χ1v) is 5.50. The molecule has 0 spiro atoms. The molecule has 2 rings (SSSR count). The fraction of sp³-hybridized carbons (Fsp3) is 0.308. The van der Waals surface area contributed by atoms with Crippen molar-refractivity contribution in [1.29, 1.82) is 0 Å². The van der Waals surface area contributed by atoms with Crippen molar-refractivity contribution < 1.29 is 0 Å². The topological polar surface area (TPSA) is 40.7 Å². The van der Waals surface area contributed by atoms with Crippen LogP contribution in [0.1, 0.15) is 22.4 Å². The van der Waals surface area contributed by atoms with Gasteiger partial charge < -0.3 is 10.3 Å². The third-order valence-corrected chi connectivity index (χ3v) is 2.77. The number of H-pyrrole nitrogens is 1. The van der Waals surface area contributed by atoms with Gasteiger partial charge in [0.05, 0.1) is 6.33 Å². The molecule has 0 saturated heterocycles. The van der Waals surface area contributed by atoms with Crippen LogP contribution < -0.4 is 5.32 Å². The van der Waals surface area contributed by atoms with E-state index in [9.17, 15) is 0 Å². The standard InChI is InChI=1S/C13H17N3/c1-10-3-4-12(5-11(10)2)6-14-7-13-8-15-9-16-13/h3-5,8-9,14H,6-7H2,1-2H3,(H,15,16). The highest BCUT2D eigenvalue weighted by Crippen LogP contribution is 2.09. The van der Waals surface area contributed by atoms with Crippen LogP contribution in [0.2, 0.25) is 0 Å². The van der Waals surface area contributed by atoms with Crippen LogP contribution >= 0.6 is 0 Å². The second-order valence-electron chi connectivity index (χ2n) is 4.10. The number of benzene rings is 1. The van der Waals surface area contributed by atoms with Gasteiger partial charge in [0.15, 0.2) is 0 Å². The highest BCUT2D eigenvalue weighted by Gasteiger charge is 1.97. The summed E-state index contributed by atoms with van der Waals surface area (Å²) in [5.41, 5.74) is 5.13. The number of aromatic nitrogens is 2. The van der Waals surface area contributed by atoms with Gasteiger partial charge in [-0.3, -0.25) is 0 Å². The second kappa shape index (κ2) is 4.94. The molecule has 0 radical (unpaired) electrons. The number of aromatic amines is 1. The van der Waals surface area contributed by atoms with Gasteiger partial charge in [-0.1, -0.05) is 18.2 Å². The zero-order chi connectivity index (χ0) is 11.4. The SMILES string of the molecule is Cc1ccc(CNCc2cnc[nH]2)cc1C. The van der Waals surface area contributed by atoms with Crippen molar-refractivity contribution in [2.75, 3.05) is 0 Å². The Morgan fingerprint density at radius 1 is 1.19 bits per heavy atom. The monoisotopic (exact) mass is 215 g/mol. The molecule has 1 aromatic carbocycles. The van der Waals surface area contributed by atoms with Crippen molar-refractivity contribution in [1.82, 2.24) is 15.3 Å². The van der Waals surface area contributed by atoms with Gasteiger partial charge >= 0.3 is 0 Å². The van der Waals surface area contributed by atoms with E-state index in [1.807, 2.05) is 6.20 Å². The van der Waals surface area contributed by atoms with E-state index in [2.05, 4.69) is 47.3 Å². The van der Waals surface area contributed by atoms with Gasteiger partial charge in [0, 0.05) is 25.0 Å². The summed E-state index contributed by atoms with van der Waals surface area (Å²) in [5.74, 6) is 0. The minimum absolute atomic E-state index is 0.826. The molecule has 0 amide bonds. The molecule has 3 heteroatoms. The maximum atomic E-state index is 3.98. The smallest absolute Gasteiger partial charge is 0.0922 e. The predicted molar refractivity (Wildman–Crippen MR) is 65.0 cm³/mol. The van der Waals surface area contributed by atoms with Gasteiger partial charge in [-0.15, -0.1) is 0 Å². The summed E-state index contributed by atoms with van der Waals surface area (Å²) in [7, 11) is 0. The number of rotatable bonds is 4. The summed E-state index contributed by atoms with van der Waals surface area (Å²) in [6.45, 7) is 6.00. The molecule has 0 aliphatic carbocycles. The fourth-order valence-corrected chi connectivity index (χ4v) is 1.64. The van der Waals surface area contributed by atoms with E-state index in [-0.39, 0.29) is 0 Å². The Balaban J connectivity index is 1.87. The highest BCUT2D eigenvalue weighted by atomic mass is 14.9. The Bertz CT molecular complexity index is 446. The predicted octanol–water partition coefficient (Wildman–Crippen LogP) is 2.32. The van der Waals surface area contributed by atoms with Crippen LogP contribution in [0, 0.1) is 13.8 Å². The normalized spacial score (nSPS) is 10.6. The van der Waals surface area contributed by atoms with Crippen molar-refractivity contribution in [3.8, 4) is 0 Å². The average molecular weight is 215 g/mol. The van der Waals surface area contributed by atoms with E-state index >= 15 is 0 Å². The molecule has 0 unspecified atom stereocenters. The molecule has 0 bridgehead atoms. The first-order valence-electron chi connectivity index (χ1n) is 5.50. The molecule has 3 nitrogen and oxygen atoms in total. The molecule has 0 saturated carbocycles. The number of imidazole rings is 1. The molecule has 16 heavy (non-hydrogen) atoms. The molecule has 0 aliphatic rings. The van der Waals surface area contributed by atoms with Gasteiger partial charge in [0.2, 0.25) is 0 Å². The lowest BCUT2D eigenvalue weighted by Gasteiger charge is -2.06. The van der Waals surface area contributed by atoms with Crippen molar-refractivity contribution in [2.24, 2.45) is 0 Å². The van der Waals surface area contributed by atoms with Crippen molar-refractivity contribution >= 4 is 0 Å². The number of aryl methyl sites for hydroxylation is 2. The van der Waals surface area contributed by atoms with Crippen LogP contribution in [-0.4, -0.2) is 9.97 Å². The van der Waals surface area contributed by atoms with Gasteiger partial charge in [0.25, 0.3) is 0 Å². The Hall–Kier alpha value is -1.61. The van der Waals surface area contributed by atoms with Crippen LogP contribution in [0.25, 0.3) is 0 Å². The van der Waals surface area contributed by atoms with E-state index in [0.29, 0.717) is 0 Å². The van der Waals surface area contributed by atoms with Crippen molar-refractivity contribution in [3.05, 3.63) is 53.1 Å². The maximum absolute atomic E-state index is 3.98. The molecule has 84 valence electrons. The summed E-state index contributed by atoms with van der Waals surface area (Å²) >= 11 is 0. The Morgan fingerprint density at radius 2 is 2.06 bits per heavy atom. The van der Waals surface area contributed by atoms with Gasteiger partial charge in [-0.25, -0.2) is 4.98 Å². The van der Waals surface area contributed by atoms with Gasteiger partial charge in [-0.2, -0.15) is 0 Å². The first-order chi connectivity index (χ1) is 7.75. The molecule has 0 aliphatic heterocycles. The van der Waals surface area contributed by atoms with Gasteiger partial charge in [-0.05, 0) is 30.5 Å². The third kappa shape index (κ3) is 2.70. The minimum atomic E-state index is 0.826. The fourth-order valence-electron chi connectivity index (χ4n) is 1.64. The van der Waals surface area contributed by atoms with Crippen molar-refractivity contribution in [3.63, 3.8) is 0 Å². The number of nitrogens with zero attached hydrogens (tertiary/aromatic N) is 1. The molecule has 0 fully saturated rings. The van der Waals surface area contributed by atoms with Crippen LogP contribution in [0.4, 0.5) is 0 Å². The summed E-state index contributed by atoms with van der Waals surface area (Å²) in [4.78, 5) is 7.05. The van der Waals surface area contributed by atoms with Crippen LogP contribution in [0.5, 0.6) is 0 Å². The quantitative estimate of drug-likeness (QED) is 0.821. The lowest BCUT2D eigenvalue weighted by Crippen LogP contribution is -2.13. The molecule has 0 atom stereocenters. The zero-order valence-electron chi connectivity index (χ0n) is 9.75. The Kier molecular flexibility index (Phi) is 3.37. The molecule has 1 heterocycles. The Morgan fingerprint density at radius 3 is 2.75 bits per heavy atom. The third-order valence-electron chi connectivity index (χ3n) is 2.77. The molecule has 2 N–H and O–H groups in total. The van der Waals surface area contributed by atoms with E-state index in [4.69, 9.17) is 0 Å². The van der Waals surface area contributed by atoms with E-state index in [0.717, 1.165) is 18.8 Å². The van der Waals surface area contributed by atoms with E-state index in [1.54, 1.807) is 6.33 Å². The van der Waals surface area contributed by atoms with Gasteiger partial charge in [0.1, 0.15) is 0 Å². The van der Waals surface area contributed by atoms with Crippen molar-refractivity contribution in [2.45, 2.75) is 26.9 Å². The molecular weight excluding hydrogens is 198 g/mol. The first kappa shape index (κ1) is 10.9. The summed E-state index contributed by atoms with van der Waals surface area (Å²) < 4.78 is 0. The zero-order valence-corrected chi connectivity index (χ0v) is 9.75. The van der Waals surface area contributed by atoms with E-state index < -0.39 is 0 Å².